The molecule has 4 aromatic rings. The lowest BCUT2D eigenvalue weighted by atomic mass is 10.2. The fourth-order valence-electron chi connectivity index (χ4n) is 3.05. The number of carbonyl (C=O) groups excluding carboxylic acids is 1. The number of benzene rings is 1. The smallest absolute Gasteiger partial charge is 0.271 e. The highest BCUT2D eigenvalue weighted by molar-refractivity contribution is 14.1. The van der Waals surface area contributed by atoms with Gasteiger partial charge in [-0.1, -0.05) is 12.1 Å². The summed E-state index contributed by atoms with van der Waals surface area (Å²) >= 11 is 2.20. The highest BCUT2D eigenvalue weighted by Gasteiger charge is 2.14. The van der Waals surface area contributed by atoms with Crippen molar-refractivity contribution in [2.75, 3.05) is 11.9 Å². The van der Waals surface area contributed by atoms with Crippen molar-refractivity contribution in [2.45, 2.75) is 6.92 Å². The number of imidazole rings is 1. The summed E-state index contributed by atoms with van der Waals surface area (Å²) in [5, 5.41) is 17.9. The normalized spacial score (nSPS) is 11.5. The first-order valence-corrected chi connectivity index (χ1v) is 10.6. The molecule has 9 heteroatoms. The summed E-state index contributed by atoms with van der Waals surface area (Å²) in [4.78, 5) is 17.2. The van der Waals surface area contributed by atoms with Crippen LogP contribution in [0.15, 0.2) is 73.0 Å². The minimum absolute atomic E-state index is 0.208. The molecule has 0 saturated heterocycles. The van der Waals surface area contributed by atoms with Crippen molar-refractivity contribution in [3.63, 3.8) is 0 Å². The quantitative estimate of drug-likeness (QED) is 0.253. The Kier molecular flexibility index (Phi) is 6.12. The predicted octanol–water partition coefficient (Wildman–Crippen LogP) is 3.81. The number of hydrogen-bond acceptors (Lipinski definition) is 5. The van der Waals surface area contributed by atoms with Crippen LogP contribution in [0.4, 0.5) is 5.69 Å². The molecule has 1 aromatic carbocycles. The number of amides is 1. The van der Waals surface area contributed by atoms with E-state index in [1.807, 2.05) is 55.7 Å². The Morgan fingerprint density at radius 3 is 2.87 bits per heavy atom. The molecular formula is C22H20IN7O. The number of aryl methyl sites for hydroxylation is 1. The van der Waals surface area contributed by atoms with Crippen LogP contribution in [0.2, 0.25) is 0 Å². The van der Waals surface area contributed by atoms with Crippen molar-refractivity contribution in [1.82, 2.24) is 24.5 Å². The first-order chi connectivity index (χ1) is 15.0. The Morgan fingerprint density at radius 1 is 1.26 bits per heavy atom. The number of pyridine rings is 1. The third-order valence-electron chi connectivity index (χ3n) is 4.57. The van der Waals surface area contributed by atoms with Crippen LogP contribution in [0.3, 0.4) is 0 Å². The highest BCUT2D eigenvalue weighted by atomic mass is 127. The molecule has 0 aliphatic carbocycles. The summed E-state index contributed by atoms with van der Waals surface area (Å²) in [5.41, 5.74) is 4.41. The van der Waals surface area contributed by atoms with E-state index in [0.29, 0.717) is 16.9 Å². The molecular weight excluding hydrogens is 505 g/mol. The van der Waals surface area contributed by atoms with Crippen molar-refractivity contribution in [3.05, 3.63) is 87.8 Å². The lowest BCUT2D eigenvalue weighted by Crippen LogP contribution is -2.26. The second-order valence-corrected chi connectivity index (χ2v) is 8.16. The van der Waals surface area contributed by atoms with Gasteiger partial charge in [0.25, 0.3) is 5.91 Å². The molecule has 0 saturated carbocycles. The molecule has 31 heavy (non-hydrogen) atoms. The summed E-state index contributed by atoms with van der Waals surface area (Å²) < 4.78 is 4.54. The zero-order chi connectivity index (χ0) is 21.8. The topological polar surface area (TPSA) is 100 Å². The van der Waals surface area contributed by atoms with Crippen molar-refractivity contribution < 1.29 is 4.79 Å². The van der Waals surface area contributed by atoms with Gasteiger partial charge in [0.1, 0.15) is 11.4 Å². The summed E-state index contributed by atoms with van der Waals surface area (Å²) in [6.45, 7) is 2.22. The van der Waals surface area contributed by atoms with Gasteiger partial charge in [-0.25, -0.2) is 9.67 Å². The second kappa shape index (κ2) is 9.13. The fourth-order valence-corrected chi connectivity index (χ4v) is 3.43. The lowest BCUT2D eigenvalue weighted by Gasteiger charge is -2.06. The van der Waals surface area contributed by atoms with E-state index < -0.39 is 0 Å². The van der Waals surface area contributed by atoms with Gasteiger partial charge < -0.3 is 20.4 Å². The third kappa shape index (κ3) is 4.82. The molecule has 0 radical (unpaired) electrons. The maximum absolute atomic E-state index is 12.7. The highest BCUT2D eigenvalue weighted by Crippen LogP contribution is 2.17. The van der Waals surface area contributed by atoms with E-state index in [2.05, 4.69) is 43.3 Å². The molecule has 0 unspecified atom stereocenters. The van der Waals surface area contributed by atoms with Gasteiger partial charge >= 0.3 is 0 Å². The van der Waals surface area contributed by atoms with Gasteiger partial charge in [-0.2, -0.15) is 5.10 Å². The molecule has 3 aromatic heterocycles. The number of hydrogen-bond donors (Lipinski definition) is 3. The maximum atomic E-state index is 12.7. The SMILES string of the molecule is Cc1cccc(N/C=C(\C=N)CNC(=O)c2cn3cccc(-n4cc(I)cn4)c3n2)c1. The summed E-state index contributed by atoms with van der Waals surface area (Å²) in [7, 11) is 0. The van der Waals surface area contributed by atoms with Crippen LogP contribution < -0.4 is 10.6 Å². The van der Waals surface area contributed by atoms with Gasteiger partial charge in [0.05, 0.1) is 9.77 Å². The van der Waals surface area contributed by atoms with Crippen LogP contribution in [-0.2, 0) is 0 Å². The predicted molar refractivity (Wildman–Crippen MR) is 129 cm³/mol. The number of anilines is 1. The summed E-state index contributed by atoms with van der Waals surface area (Å²) in [5.74, 6) is -0.312. The van der Waals surface area contributed by atoms with Crippen LogP contribution in [0.1, 0.15) is 16.1 Å². The average Bonchev–Trinajstić information content (AvgIpc) is 3.40. The third-order valence-corrected chi connectivity index (χ3v) is 5.13. The minimum Gasteiger partial charge on any atom is -0.361 e. The molecule has 8 nitrogen and oxygen atoms in total. The maximum Gasteiger partial charge on any atom is 0.271 e. The number of rotatable bonds is 7. The standard InChI is InChI=1S/C22H20IN7O/c1-15-4-2-5-18(8-15)25-10-16(9-24)11-26-22(31)19-14-29-7-3-6-20(21(29)28-19)30-13-17(23)12-27-30/h2-10,12-14,24-25H,11H2,1H3,(H,26,31)/b16-10+,24-9?. The van der Waals surface area contributed by atoms with E-state index in [-0.39, 0.29) is 12.5 Å². The molecule has 0 bridgehead atoms. The molecule has 0 spiro atoms. The van der Waals surface area contributed by atoms with Crippen LogP contribution in [-0.4, -0.2) is 37.8 Å². The second-order valence-electron chi connectivity index (χ2n) is 6.91. The molecule has 4 rings (SSSR count). The van der Waals surface area contributed by atoms with Crippen molar-refractivity contribution >= 4 is 46.0 Å². The molecule has 0 atom stereocenters. The van der Waals surface area contributed by atoms with Crippen LogP contribution in [0.5, 0.6) is 0 Å². The average molecular weight is 525 g/mol. The number of fused-ring (bicyclic) bond motifs is 1. The van der Waals surface area contributed by atoms with Gasteiger partial charge in [0.15, 0.2) is 5.65 Å². The Balaban J connectivity index is 1.48. The zero-order valence-electron chi connectivity index (χ0n) is 16.7. The fraction of sp³-hybridized carbons (Fsp3) is 0.0909. The van der Waals surface area contributed by atoms with E-state index in [4.69, 9.17) is 5.41 Å². The molecule has 3 heterocycles. The van der Waals surface area contributed by atoms with Crippen LogP contribution in [0.25, 0.3) is 11.3 Å². The number of carbonyl (C=O) groups is 1. The Bertz CT molecular complexity index is 1290. The minimum atomic E-state index is -0.312. The first-order valence-electron chi connectivity index (χ1n) is 9.52. The van der Waals surface area contributed by atoms with E-state index in [9.17, 15) is 4.79 Å². The van der Waals surface area contributed by atoms with Crippen LogP contribution >= 0.6 is 22.6 Å². The Morgan fingerprint density at radius 2 is 2.13 bits per heavy atom. The van der Waals surface area contributed by atoms with E-state index in [0.717, 1.165) is 20.5 Å². The molecule has 3 N–H and O–H groups in total. The van der Waals surface area contributed by atoms with E-state index in [1.54, 1.807) is 27.7 Å². The Hall–Kier alpha value is -3.47. The molecule has 156 valence electrons. The lowest BCUT2D eigenvalue weighted by molar-refractivity contribution is 0.0953. The Labute approximate surface area is 192 Å². The number of nitrogens with one attached hydrogen (secondary N) is 3. The molecule has 1 amide bonds. The molecule has 0 aliphatic rings. The summed E-state index contributed by atoms with van der Waals surface area (Å²) in [6, 6.07) is 11.7. The molecule has 0 fully saturated rings. The number of aromatic nitrogens is 4. The van der Waals surface area contributed by atoms with Crippen molar-refractivity contribution in [3.8, 4) is 5.69 Å². The van der Waals surface area contributed by atoms with Crippen LogP contribution in [0, 0.1) is 15.9 Å². The first kappa shape index (κ1) is 20.8. The van der Waals surface area contributed by atoms with Gasteiger partial charge in [-0.05, 0) is 59.3 Å². The van der Waals surface area contributed by atoms with Gasteiger partial charge in [-0.15, -0.1) is 0 Å². The number of halogens is 1. The van der Waals surface area contributed by atoms with E-state index in [1.165, 1.54) is 6.21 Å². The largest absolute Gasteiger partial charge is 0.361 e. The van der Waals surface area contributed by atoms with E-state index >= 15 is 0 Å². The molecule has 0 aliphatic heterocycles. The van der Waals surface area contributed by atoms with Gasteiger partial charge in [0.2, 0.25) is 0 Å². The van der Waals surface area contributed by atoms with Gasteiger partial charge in [-0.3, -0.25) is 4.79 Å². The van der Waals surface area contributed by atoms with Crippen molar-refractivity contribution in [1.29, 1.82) is 5.41 Å². The monoisotopic (exact) mass is 525 g/mol. The summed E-state index contributed by atoms with van der Waals surface area (Å²) in [6.07, 6.45) is 10.1. The number of nitrogens with zero attached hydrogens (tertiary/aromatic N) is 4. The van der Waals surface area contributed by atoms with Gasteiger partial charge in [0, 0.05) is 48.8 Å². The zero-order valence-corrected chi connectivity index (χ0v) is 18.9. The van der Waals surface area contributed by atoms with Crippen molar-refractivity contribution in [2.24, 2.45) is 0 Å².